The maximum atomic E-state index is 6.62. The van der Waals surface area contributed by atoms with Crippen LogP contribution in [-0.4, -0.2) is 0 Å². The van der Waals surface area contributed by atoms with Gasteiger partial charge in [0.2, 0.25) is 0 Å². The predicted octanol–water partition coefficient (Wildman–Crippen LogP) is 14.9. The molecule has 1 heteroatoms. The third kappa shape index (κ3) is 4.51. The Kier molecular flexibility index (Phi) is 6.62. The predicted molar refractivity (Wildman–Crippen MR) is 225 cm³/mol. The minimum atomic E-state index is 0.914. The summed E-state index contributed by atoms with van der Waals surface area (Å²) in [5, 5.41) is 12.0. The lowest BCUT2D eigenvalue weighted by Gasteiger charge is -2.22. The van der Waals surface area contributed by atoms with Gasteiger partial charge in [-0.25, -0.2) is 0 Å². The summed E-state index contributed by atoms with van der Waals surface area (Å²) < 4.78 is 6.62. The molecule has 0 aliphatic heterocycles. The van der Waals surface area contributed by atoms with Crippen molar-refractivity contribution in [2.24, 2.45) is 0 Å². The van der Waals surface area contributed by atoms with Gasteiger partial charge in [-0.05, 0) is 94.3 Å². The molecule has 0 atom stereocenters. The van der Waals surface area contributed by atoms with Crippen molar-refractivity contribution in [3.8, 4) is 44.5 Å². The first-order valence-corrected chi connectivity index (χ1v) is 18.3. The maximum absolute atomic E-state index is 6.62. The molecule has 1 aromatic heterocycles. The van der Waals surface area contributed by atoms with Crippen molar-refractivity contribution < 1.29 is 4.42 Å². The molecule has 0 aliphatic carbocycles. The van der Waals surface area contributed by atoms with Crippen LogP contribution in [0.15, 0.2) is 199 Å². The lowest BCUT2D eigenvalue weighted by molar-refractivity contribution is 0.673. The second-order valence-corrected chi connectivity index (χ2v) is 13.9. The van der Waals surface area contributed by atoms with Crippen LogP contribution in [0.4, 0.5) is 0 Å². The van der Waals surface area contributed by atoms with E-state index in [1.807, 2.05) is 0 Å². The molecule has 0 aliphatic rings. The molecule has 0 fully saturated rings. The molecule has 0 saturated carbocycles. The summed E-state index contributed by atoms with van der Waals surface area (Å²) >= 11 is 0. The first-order chi connectivity index (χ1) is 26.3. The molecule has 246 valence electrons. The van der Waals surface area contributed by atoms with Crippen molar-refractivity contribution in [3.63, 3.8) is 0 Å². The van der Waals surface area contributed by atoms with Crippen LogP contribution >= 0.6 is 0 Å². The zero-order valence-electron chi connectivity index (χ0n) is 28.9. The van der Waals surface area contributed by atoms with Gasteiger partial charge in [0.05, 0.1) is 0 Å². The fourth-order valence-corrected chi connectivity index (χ4v) is 8.80. The SMILES string of the molecule is c1ccc(-c2cccc(-c3ccccc3)c2-c2c3ccccc3c(-c3cccc4c3ccc3oc5c6ccccc6ccc5c34)c3ccccc23)cc1. The molecule has 0 bridgehead atoms. The van der Waals surface area contributed by atoms with E-state index in [4.69, 9.17) is 4.42 Å². The van der Waals surface area contributed by atoms with Gasteiger partial charge in [0.25, 0.3) is 0 Å². The Hall–Kier alpha value is -6.96. The molecule has 0 amide bonds. The van der Waals surface area contributed by atoms with Gasteiger partial charge in [-0.2, -0.15) is 0 Å². The van der Waals surface area contributed by atoms with Crippen molar-refractivity contribution in [1.82, 2.24) is 0 Å². The smallest absolute Gasteiger partial charge is 0.143 e. The molecule has 0 spiro atoms. The summed E-state index contributed by atoms with van der Waals surface area (Å²) in [5.41, 5.74) is 11.7. The quantitative estimate of drug-likeness (QED) is 0.170. The van der Waals surface area contributed by atoms with Gasteiger partial charge in [-0.15, -0.1) is 0 Å². The summed E-state index contributed by atoms with van der Waals surface area (Å²) in [6.45, 7) is 0. The lowest BCUT2D eigenvalue weighted by Crippen LogP contribution is -1.95. The van der Waals surface area contributed by atoms with Crippen LogP contribution in [0.1, 0.15) is 0 Å². The number of hydrogen-bond donors (Lipinski definition) is 0. The fraction of sp³-hybridized carbons (Fsp3) is 0. The van der Waals surface area contributed by atoms with E-state index in [1.165, 1.54) is 87.6 Å². The monoisotopic (exact) mass is 672 g/mol. The van der Waals surface area contributed by atoms with Crippen molar-refractivity contribution in [2.75, 3.05) is 0 Å². The van der Waals surface area contributed by atoms with Gasteiger partial charge in [0, 0.05) is 16.2 Å². The largest absolute Gasteiger partial charge is 0.455 e. The van der Waals surface area contributed by atoms with Gasteiger partial charge >= 0.3 is 0 Å². The van der Waals surface area contributed by atoms with Gasteiger partial charge in [-0.1, -0.05) is 182 Å². The van der Waals surface area contributed by atoms with Crippen LogP contribution in [-0.2, 0) is 0 Å². The Labute approximate surface area is 307 Å². The molecular weight excluding hydrogens is 641 g/mol. The van der Waals surface area contributed by atoms with E-state index in [0.29, 0.717) is 0 Å². The van der Waals surface area contributed by atoms with Crippen LogP contribution in [0.25, 0.3) is 110 Å². The van der Waals surface area contributed by atoms with E-state index >= 15 is 0 Å². The van der Waals surface area contributed by atoms with Crippen molar-refractivity contribution in [2.45, 2.75) is 0 Å². The number of fused-ring (bicyclic) bond motifs is 9. The molecule has 0 unspecified atom stereocenters. The average Bonchev–Trinajstić information content (AvgIpc) is 3.63. The van der Waals surface area contributed by atoms with Gasteiger partial charge in [-0.3, -0.25) is 0 Å². The zero-order chi connectivity index (χ0) is 34.9. The number of furan rings is 1. The standard InChI is InChI=1S/C52H32O/c1-3-15-33(16-4-1)36-25-13-26-37(34-17-5-2-6-18-34)50(36)51-44-23-11-9-21-42(44)48(43-22-10-12-24-45(43)51)40-27-14-28-41-39(40)31-32-47-49(41)46-30-29-35-19-7-8-20-38(35)52(46)53-47/h1-32H. The molecule has 10 aromatic carbocycles. The number of benzene rings is 10. The van der Waals surface area contributed by atoms with Crippen LogP contribution in [0.5, 0.6) is 0 Å². The molecule has 0 saturated heterocycles. The van der Waals surface area contributed by atoms with Gasteiger partial charge in [0.15, 0.2) is 0 Å². The molecule has 1 heterocycles. The van der Waals surface area contributed by atoms with E-state index in [-0.39, 0.29) is 0 Å². The highest BCUT2D eigenvalue weighted by atomic mass is 16.3. The summed E-state index contributed by atoms with van der Waals surface area (Å²) in [4.78, 5) is 0. The third-order valence-corrected chi connectivity index (χ3v) is 11.1. The molecule has 11 aromatic rings. The van der Waals surface area contributed by atoms with Gasteiger partial charge in [0.1, 0.15) is 11.2 Å². The molecule has 1 nitrogen and oxygen atoms in total. The van der Waals surface area contributed by atoms with E-state index in [9.17, 15) is 0 Å². The van der Waals surface area contributed by atoms with Gasteiger partial charge < -0.3 is 4.42 Å². The van der Waals surface area contributed by atoms with Crippen molar-refractivity contribution in [1.29, 1.82) is 0 Å². The Morgan fingerprint density at radius 3 is 1.40 bits per heavy atom. The van der Waals surface area contributed by atoms with E-state index in [2.05, 4.69) is 194 Å². The average molecular weight is 673 g/mol. The maximum Gasteiger partial charge on any atom is 0.143 e. The summed E-state index contributed by atoms with van der Waals surface area (Å²) in [5.74, 6) is 0. The molecule has 0 radical (unpaired) electrons. The first kappa shape index (κ1) is 29.7. The van der Waals surface area contributed by atoms with E-state index in [0.717, 1.165) is 21.9 Å². The summed E-state index contributed by atoms with van der Waals surface area (Å²) in [6, 6.07) is 70.5. The Morgan fingerprint density at radius 2 is 0.755 bits per heavy atom. The molecule has 53 heavy (non-hydrogen) atoms. The molecule has 0 N–H and O–H groups in total. The highest BCUT2D eigenvalue weighted by Gasteiger charge is 2.23. The minimum Gasteiger partial charge on any atom is -0.455 e. The third-order valence-electron chi connectivity index (χ3n) is 11.1. The van der Waals surface area contributed by atoms with E-state index in [1.54, 1.807) is 0 Å². The van der Waals surface area contributed by atoms with Crippen molar-refractivity contribution in [3.05, 3.63) is 194 Å². The lowest BCUT2D eigenvalue weighted by atomic mass is 9.80. The number of rotatable bonds is 4. The number of hydrogen-bond acceptors (Lipinski definition) is 1. The Morgan fingerprint density at radius 1 is 0.264 bits per heavy atom. The highest BCUT2D eigenvalue weighted by molar-refractivity contribution is 6.29. The first-order valence-electron chi connectivity index (χ1n) is 18.3. The molecule has 11 rings (SSSR count). The Balaban J connectivity index is 1.26. The fourth-order valence-electron chi connectivity index (χ4n) is 8.80. The normalized spacial score (nSPS) is 11.8. The summed E-state index contributed by atoms with van der Waals surface area (Å²) in [7, 11) is 0. The minimum absolute atomic E-state index is 0.914. The van der Waals surface area contributed by atoms with E-state index < -0.39 is 0 Å². The molecular formula is C52H32O. The zero-order valence-corrected chi connectivity index (χ0v) is 28.9. The van der Waals surface area contributed by atoms with Crippen LogP contribution in [0, 0.1) is 0 Å². The van der Waals surface area contributed by atoms with Crippen LogP contribution in [0.2, 0.25) is 0 Å². The topological polar surface area (TPSA) is 13.1 Å². The summed E-state index contributed by atoms with van der Waals surface area (Å²) in [6.07, 6.45) is 0. The van der Waals surface area contributed by atoms with Crippen LogP contribution < -0.4 is 0 Å². The highest BCUT2D eigenvalue weighted by Crippen LogP contribution is 2.50. The Bertz CT molecular complexity index is 3090. The van der Waals surface area contributed by atoms with Crippen LogP contribution in [0.3, 0.4) is 0 Å². The second kappa shape index (κ2) is 11.8. The van der Waals surface area contributed by atoms with Crippen molar-refractivity contribution >= 4 is 65.0 Å². The second-order valence-electron chi connectivity index (χ2n) is 13.9.